The molecule has 0 fully saturated rings. The Hall–Kier alpha value is -0.870. The number of carbonyl (C=O) groups is 1. The molecule has 82 valence electrons. The van der Waals surface area contributed by atoms with Crippen molar-refractivity contribution in [2.45, 2.75) is 11.4 Å². The molecule has 0 spiro atoms. The molecular formula is C11H14BrNO2. The van der Waals surface area contributed by atoms with Crippen molar-refractivity contribution in [3.8, 4) is 0 Å². The van der Waals surface area contributed by atoms with Crippen molar-refractivity contribution in [1.82, 2.24) is 5.32 Å². The number of rotatable bonds is 5. The summed E-state index contributed by atoms with van der Waals surface area (Å²) in [5, 5.41) is 2.82. The van der Waals surface area contributed by atoms with E-state index in [2.05, 4.69) is 21.2 Å². The lowest BCUT2D eigenvalue weighted by Crippen LogP contribution is -2.33. The Morgan fingerprint density at radius 3 is 2.73 bits per heavy atom. The average molecular weight is 272 g/mol. The molecule has 1 aromatic carbocycles. The quantitative estimate of drug-likeness (QED) is 0.829. The van der Waals surface area contributed by atoms with Crippen LogP contribution in [0.4, 0.5) is 0 Å². The smallest absolute Gasteiger partial charge is 0.236 e. The topological polar surface area (TPSA) is 38.3 Å². The Labute approximate surface area is 97.9 Å². The molecular weight excluding hydrogens is 258 g/mol. The number of carbonyl (C=O) groups excluding carboxylic acids is 1. The second-order valence-electron chi connectivity index (χ2n) is 3.13. The zero-order valence-electron chi connectivity index (χ0n) is 8.57. The van der Waals surface area contributed by atoms with Crippen LogP contribution < -0.4 is 5.32 Å². The van der Waals surface area contributed by atoms with Crippen LogP contribution in [0.2, 0.25) is 0 Å². The predicted molar refractivity (Wildman–Crippen MR) is 62.9 cm³/mol. The lowest BCUT2D eigenvalue weighted by Gasteiger charge is -2.09. The first-order valence-corrected chi connectivity index (χ1v) is 5.60. The summed E-state index contributed by atoms with van der Waals surface area (Å²) in [6.07, 6.45) is 0. The number of hydrogen-bond donors (Lipinski definition) is 1. The molecule has 1 aromatic rings. The van der Waals surface area contributed by atoms with Crippen LogP contribution in [0.25, 0.3) is 0 Å². The maximum atomic E-state index is 11.5. The molecule has 1 N–H and O–H groups in total. The molecule has 0 aromatic heterocycles. The number of amides is 1. The highest BCUT2D eigenvalue weighted by Gasteiger charge is 2.13. The molecule has 0 saturated carbocycles. The van der Waals surface area contributed by atoms with E-state index in [0.717, 1.165) is 5.56 Å². The largest absolute Gasteiger partial charge is 0.383 e. The molecule has 0 bridgehead atoms. The van der Waals surface area contributed by atoms with Gasteiger partial charge in [0.25, 0.3) is 0 Å². The van der Waals surface area contributed by atoms with Gasteiger partial charge < -0.3 is 10.1 Å². The Kier molecular flexibility index (Phi) is 5.36. The lowest BCUT2D eigenvalue weighted by molar-refractivity contribution is -0.121. The van der Waals surface area contributed by atoms with Gasteiger partial charge in [0.1, 0.15) is 4.83 Å². The summed E-state index contributed by atoms with van der Waals surface area (Å²) in [5.74, 6) is -0.0549. The van der Waals surface area contributed by atoms with Gasteiger partial charge in [-0.15, -0.1) is 0 Å². The number of benzene rings is 1. The highest BCUT2D eigenvalue weighted by Crippen LogP contribution is 2.02. The van der Waals surface area contributed by atoms with Crippen molar-refractivity contribution in [3.05, 3.63) is 35.9 Å². The van der Waals surface area contributed by atoms with Gasteiger partial charge in [0.15, 0.2) is 0 Å². The fourth-order valence-corrected chi connectivity index (χ4v) is 1.54. The van der Waals surface area contributed by atoms with E-state index in [4.69, 9.17) is 4.74 Å². The monoisotopic (exact) mass is 271 g/mol. The van der Waals surface area contributed by atoms with Crippen LogP contribution in [0, 0.1) is 0 Å². The van der Waals surface area contributed by atoms with Gasteiger partial charge in [-0.3, -0.25) is 4.79 Å². The van der Waals surface area contributed by atoms with E-state index in [9.17, 15) is 4.79 Å². The van der Waals surface area contributed by atoms with Crippen molar-refractivity contribution in [2.75, 3.05) is 13.7 Å². The van der Waals surface area contributed by atoms with Gasteiger partial charge in [-0.1, -0.05) is 46.3 Å². The van der Waals surface area contributed by atoms with Crippen molar-refractivity contribution < 1.29 is 9.53 Å². The van der Waals surface area contributed by atoms with Crippen molar-refractivity contribution in [2.24, 2.45) is 0 Å². The first-order valence-electron chi connectivity index (χ1n) is 4.68. The van der Waals surface area contributed by atoms with E-state index < -0.39 is 0 Å². The Bertz CT molecular complexity index is 303. The number of hydrogen-bond acceptors (Lipinski definition) is 2. The zero-order chi connectivity index (χ0) is 11.1. The van der Waals surface area contributed by atoms with Gasteiger partial charge in [0.2, 0.25) is 5.91 Å². The van der Waals surface area contributed by atoms with Crippen molar-refractivity contribution in [3.63, 3.8) is 0 Å². The minimum absolute atomic E-state index is 0.0549. The molecule has 15 heavy (non-hydrogen) atoms. The molecule has 1 amide bonds. The maximum absolute atomic E-state index is 11.5. The fourth-order valence-electron chi connectivity index (χ4n) is 1.12. The SMILES string of the molecule is COC[C@@H](Br)C(=O)NCc1ccccc1. The molecule has 0 aliphatic rings. The van der Waals surface area contributed by atoms with E-state index in [-0.39, 0.29) is 10.7 Å². The third kappa shape index (κ3) is 4.44. The highest BCUT2D eigenvalue weighted by atomic mass is 79.9. The van der Waals surface area contributed by atoms with Crippen LogP contribution >= 0.6 is 15.9 Å². The maximum Gasteiger partial charge on any atom is 0.236 e. The molecule has 1 atom stereocenters. The summed E-state index contributed by atoms with van der Waals surface area (Å²) in [6, 6.07) is 9.79. The van der Waals surface area contributed by atoms with Crippen molar-refractivity contribution >= 4 is 21.8 Å². The number of halogens is 1. The molecule has 0 unspecified atom stereocenters. The number of methoxy groups -OCH3 is 1. The molecule has 0 aliphatic heterocycles. The number of alkyl halides is 1. The van der Waals surface area contributed by atoms with E-state index in [0.29, 0.717) is 13.2 Å². The molecule has 3 nitrogen and oxygen atoms in total. The molecule has 0 heterocycles. The summed E-state index contributed by atoms with van der Waals surface area (Å²) in [7, 11) is 1.57. The summed E-state index contributed by atoms with van der Waals surface area (Å²) >= 11 is 3.24. The van der Waals surface area contributed by atoms with E-state index in [1.165, 1.54) is 0 Å². The van der Waals surface area contributed by atoms with Gasteiger partial charge in [-0.25, -0.2) is 0 Å². The summed E-state index contributed by atoms with van der Waals surface area (Å²) in [6.45, 7) is 0.923. The third-order valence-corrected chi connectivity index (χ3v) is 2.59. The van der Waals surface area contributed by atoms with E-state index in [1.807, 2.05) is 30.3 Å². The zero-order valence-corrected chi connectivity index (χ0v) is 10.2. The van der Waals surface area contributed by atoms with Crippen LogP contribution in [0.5, 0.6) is 0 Å². The third-order valence-electron chi connectivity index (χ3n) is 1.91. The van der Waals surface area contributed by atoms with Gasteiger partial charge in [0, 0.05) is 13.7 Å². The van der Waals surface area contributed by atoms with E-state index >= 15 is 0 Å². The van der Waals surface area contributed by atoms with Crippen molar-refractivity contribution in [1.29, 1.82) is 0 Å². The predicted octanol–water partition coefficient (Wildman–Crippen LogP) is 1.71. The number of ether oxygens (including phenoxy) is 1. The highest BCUT2D eigenvalue weighted by molar-refractivity contribution is 9.10. The lowest BCUT2D eigenvalue weighted by atomic mass is 10.2. The Morgan fingerprint density at radius 1 is 1.47 bits per heavy atom. The van der Waals surface area contributed by atoms with Crippen LogP contribution in [-0.2, 0) is 16.1 Å². The van der Waals surface area contributed by atoms with Gasteiger partial charge >= 0.3 is 0 Å². The van der Waals surface area contributed by atoms with Crippen LogP contribution in [0.15, 0.2) is 30.3 Å². The minimum Gasteiger partial charge on any atom is -0.383 e. The van der Waals surface area contributed by atoms with Crippen LogP contribution in [0.3, 0.4) is 0 Å². The van der Waals surface area contributed by atoms with Gasteiger partial charge in [-0.05, 0) is 5.56 Å². The van der Waals surface area contributed by atoms with E-state index in [1.54, 1.807) is 7.11 Å². The molecule has 0 aliphatic carbocycles. The summed E-state index contributed by atoms with van der Waals surface area (Å²) in [5.41, 5.74) is 1.09. The second kappa shape index (κ2) is 6.58. The van der Waals surface area contributed by atoms with Gasteiger partial charge in [-0.2, -0.15) is 0 Å². The normalized spacial score (nSPS) is 12.1. The Balaban J connectivity index is 2.34. The standard InChI is InChI=1S/C11H14BrNO2/c1-15-8-10(12)11(14)13-7-9-5-3-2-4-6-9/h2-6,10H,7-8H2,1H3,(H,13,14)/t10-/m1/s1. The molecule has 1 rings (SSSR count). The average Bonchev–Trinajstić information content (AvgIpc) is 2.27. The summed E-state index contributed by atoms with van der Waals surface area (Å²) in [4.78, 5) is 11.2. The van der Waals surface area contributed by atoms with Gasteiger partial charge in [0.05, 0.1) is 6.61 Å². The number of nitrogens with one attached hydrogen (secondary N) is 1. The first kappa shape index (κ1) is 12.2. The fraction of sp³-hybridized carbons (Fsp3) is 0.364. The second-order valence-corrected chi connectivity index (χ2v) is 4.23. The Morgan fingerprint density at radius 2 is 2.13 bits per heavy atom. The molecule has 0 saturated heterocycles. The molecule has 4 heteroatoms. The van der Waals surface area contributed by atoms with Crippen LogP contribution in [-0.4, -0.2) is 24.5 Å². The summed E-state index contributed by atoms with van der Waals surface area (Å²) < 4.78 is 4.87. The molecule has 0 radical (unpaired) electrons. The minimum atomic E-state index is -0.286. The van der Waals surface area contributed by atoms with Crippen LogP contribution in [0.1, 0.15) is 5.56 Å². The first-order chi connectivity index (χ1) is 7.24.